The van der Waals surface area contributed by atoms with Crippen LogP contribution < -0.4 is 5.32 Å². The third-order valence-electron chi connectivity index (χ3n) is 2.30. The van der Waals surface area contributed by atoms with Gasteiger partial charge in [0.15, 0.2) is 0 Å². The summed E-state index contributed by atoms with van der Waals surface area (Å²) in [5.74, 6) is -0.414. The van der Waals surface area contributed by atoms with E-state index in [0.717, 1.165) is 6.07 Å². The number of carbonyl (C=O) groups is 1. The van der Waals surface area contributed by atoms with Gasteiger partial charge in [-0.1, -0.05) is 11.6 Å². The molecule has 2 rings (SSSR count). The molecule has 0 fully saturated rings. The fraction of sp³-hybridized carbons (Fsp3) is 0.0909. The van der Waals surface area contributed by atoms with Crippen molar-refractivity contribution >= 4 is 39.3 Å². The van der Waals surface area contributed by atoms with Crippen LogP contribution in [0.2, 0.25) is 5.02 Å². The number of anilines is 1. The van der Waals surface area contributed by atoms with E-state index in [1.54, 1.807) is 13.2 Å². The van der Waals surface area contributed by atoms with Gasteiger partial charge in [-0.25, -0.2) is 4.39 Å². The molecular weight excluding hydrogens is 324 g/mol. The van der Waals surface area contributed by atoms with Gasteiger partial charge in [0.05, 0.1) is 21.3 Å². The molecule has 0 aliphatic heterocycles. The smallest absolute Gasteiger partial charge is 0.258 e. The van der Waals surface area contributed by atoms with Crippen molar-refractivity contribution in [2.24, 2.45) is 7.05 Å². The predicted molar refractivity (Wildman–Crippen MR) is 70.3 cm³/mol. The molecule has 1 amide bonds. The Morgan fingerprint density at radius 2 is 2.28 bits per heavy atom. The Hall–Kier alpha value is -1.40. The van der Waals surface area contributed by atoms with Gasteiger partial charge in [0.25, 0.3) is 5.91 Å². The normalized spacial score (nSPS) is 10.4. The molecule has 0 bridgehead atoms. The zero-order valence-corrected chi connectivity index (χ0v) is 11.6. The second-order valence-corrected chi connectivity index (χ2v) is 4.80. The van der Waals surface area contributed by atoms with E-state index >= 15 is 0 Å². The molecule has 94 valence electrons. The fourth-order valence-electron chi connectivity index (χ4n) is 1.40. The number of hydrogen-bond acceptors (Lipinski definition) is 2. The Balaban J connectivity index is 2.28. The number of aromatic nitrogens is 2. The van der Waals surface area contributed by atoms with Crippen LogP contribution in [0.3, 0.4) is 0 Å². The van der Waals surface area contributed by atoms with Gasteiger partial charge in [-0.05, 0) is 34.1 Å². The van der Waals surface area contributed by atoms with Crippen LogP contribution in [0.1, 0.15) is 10.4 Å². The van der Waals surface area contributed by atoms with E-state index in [2.05, 4.69) is 26.3 Å². The minimum atomic E-state index is -0.488. The minimum Gasteiger partial charge on any atom is -0.306 e. The maximum atomic E-state index is 12.9. The predicted octanol–water partition coefficient (Wildman–Crippen LogP) is 3.23. The quantitative estimate of drug-likeness (QED) is 0.918. The van der Waals surface area contributed by atoms with Crippen molar-refractivity contribution in [1.82, 2.24) is 9.78 Å². The second-order valence-electron chi connectivity index (χ2n) is 3.54. The van der Waals surface area contributed by atoms with Crippen molar-refractivity contribution in [3.05, 3.63) is 45.3 Å². The van der Waals surface area contributed by atoms with Gasteiger partial charge in [0.2, 0.25) is 0 Å². The molecule has 7 heteroatoms. The summed E-state index contributed by atoms with van der Waals surface area (Å²) >= 11 is 9.07. The van der Waals surface area contributed by atoms with Crippen LogP contribution in [0, 0.1) is 5.82 Å². The van der Waals surface area contributed by atoms with Crippen molar-refractivity contribution in [2.45, 2.75) is 0 Å². The minimum absolute atomic E-state index is 0.0609. The van der Waals surface area contributed by atoms with Gasteiger partial charge in [0, 0.05) is 7.05 Å². The van der Waals surface area contributed by atoms with Crippen molar-refractivity contribution in [2.75, 3.05) is 5.32 Å². The molecule has 0 radical (unpaired) electrons. The maximum absolute atomic E-state index is 12.9. The first-order valence-electron chi connectivity index (χ1n) is 4.93. The molecule has 2 aromatic rings. The van der Waals surface area contributed by atoms with E-state index in [-0.39, 0.29) is 10.6 Å². The van der Waals surface area contributed by atoms with Crippen LogP contribution in [-0.2, 0) is 7.05 Å². The molecule has 1 aromatic heterocycles. The van der Waals surface area contributed by atoms with Gasteiger partial charge in [-0.15, -0.1) is 0 Å². The molecule has 0 saturated heterocycles. The number of hydrogen-bond donors (Lipinski definition) is 1. The van der Waals surface area contributed by atoms with Crippen molar-refractivity contribution < 1.29 is 9.18 Å². The van der Waals surface area contributed by atoms with Crippen LogP contribution in [0.25, 0.3) is 0 Å². The van der Waals surface area contributed by atoms with Gasteiger partial charge >= 0.3 is 0 Å². The Morgan fingerprint density at radius 1 is 1.56 bits per heavy atom. The third kappa shape index (κ3) is 2.54. The van der Waals surface area contributed by atoms with E-state index in [1.807, 2.05) is 0 Å². The van der Waals surface area contributed by atoms with E-state index in [4.69, 9.17) is 11.6 Å². The summed E-state index contributed by atoms with van der Waals surface area (Å²) in [7, 11) is 1.69. The summed E-state index contributed by atoms with van der Waals surface area (Å²) in [6.07, 6.45) is 1.56. The Kier molecular flexibility index (Phi) is 3.68. The highest BCUT2D eigenvalue weighted by molar-refractivity contribution is 9.10. The van der Waals surface area contributed by atoms with Crippen LogP contribution in [0.5, 0.6) is 0 Å². The van der Waals surface area contributed by atoms with E-state index in [9.17, 15) is 9.18 Å². The highest BCUT2D eigenvalue weighted by Crippen LogP contribution is 2.23. The Bertz CT molecular complexity index is 595. The van der Waals surface area contributed by atoms with Gasteiger partial charge in [0.1, 0.15) is 11.6 Å². The molecule has 18 heavy (non-hydrogen) atoms. The summed E-state index contributed by atoms with van der Waals surface area (Å²) in [4.78, 5) is 12.0. The number of benzene rings is 1. The van der Waals surface area contributed by atoms with Crippen LogP contribution in [0.15, 0.2) is 28.9 Å². The summed E-state index contributed by atoms with van der Waals surface area (Å²) in [6, 6.07) is 3.60. The van der Waals surface area contributed by atoms with Gasteiger partial charge < -0.3 is 5.32 Å². The van der Waals surface area contributed by atoms with Gasteiger partial charge in [-0.2, -0.15) is 5.10 Å². The summed E-state index contributed by atoms with van der Waals surface area (Å²) in [6.45, 7) is 0. The molecule has 0 saturated carbocycles. The number of halogens is 3. The van der Waals surface area contributed by atoms with Crippen LogP contribution in [0.4, 0.5) is 10.2 Å². The average molecular weight is 333 g/mol. The van der Waals surface area contributed by atoms with E-state index in [1.165, 1.54) is 16.8 Å². The summed E-state index contributed by atoms with van der Waals surface area (Å²) in [5, 5.41) is 6.67. The zero-order valence-electron chi connectivity index (χ0n) is 9.25. The molecule has 0 aliphatic carbocycles. The lowest BCUT2D eigenvalue weighted by atomic mass is 10.2. The standard InChI is InChI=1S/C11H8BrClFN3O/c1-17-10(8(12)5-15-17)16-11(18)7-3-2-6(14)4-9(7)13/h2-5H,1H3,(H,16,18). The molecule has 0 aliphatic rings. The monoisotopic (exact) mass is 331 g/mol. The average Bonchev–Trinajstić information content (AvgIpc) is 2.60. The molecule has 0 spiro atoms. The van der Waals surface area contributed by atoms with Gasteiger partial charge in [-0.3, -0.25) is 9.48 Å². The van der Waals surface area contributed by atoms with Crippen LogP contribution >= 0.6 is 27.5 Å². The first kappa shape index (κ1) is 13.0. The number of nitrogens with one attached hydrogen (secondary N) is 1. The first-order valence-corrected chi connectivity index (χ1v) is 6.10. The first-order chi connectivity index (χ1) is 8.49. The summed E-state index contributed by atoms with van der Waals surface area (Å²) < 4.78 is 15.0. The lowest BCUT2D eigenvalue weighted by Gasteiger charge is -2.07. The Morgan fingerprint density at radius 3 is 2.83 bits per heavy atom. The largest absolute Gasteiger partial charge is 0.306 e. The lowest BCUT2D eigenvalue weighted by molar-refractivity contribution is 0.102. The number of aryl methyl sites for hydroxylation is 1. The number of nitrogens with zero attached hydrogens (tertiary/aromatic N) is 2. The topological polar surface area (TPSA) is 46.9 Å². The van der Waals surface area contributed by atoms with Crippen molar-refractivity contribution in [3.63, 3.8) is 0 Å². The fourth-order valence-corrected chi connectivity index (χ4v) is 2.10. The SMILES string of the molecule is Cn1ncc(Br)c1NC(=O)c1ccc(F)cc1Cl. The maximum Gasteiger partial charge on any atom is 0.258 e. The zero-order chi connectivity index (χ0) is 13.3. The molecule has 1 heterocycles. The van der Waals surface area contributed by atoms with Crippen molar-refractivity contribution in [3.8, 4) is 0 Å². The third-order valence-corrected chi connectivity index (χ3v) is 3.19. The Labute approximate surface area is 116 Å². The van der Waals surface area contributed by atoms with Crippen molar-refractivity contribution in [1.29, 1.82) is 0 Å². The number of rotatable bonds is 2. The molecule has 1 aromatic carbocycles. The molecule has 4 nitrogen and oxygen atoms in total. The van der Waals surface area contributed by atoms with Crippen LogP contribution in [-0.4, -0.2) is 15.7 Å². The van der Waals surface area contributed by atoms with E-state index in [0.29, 0.717) is 10.3 Å². The number of carbonyl (C=O) groups excluding carboxylic acids is 1. The second kappa shape index (κ2) is 5.07. The lowest BCUT2D eigenvalue weighted by Crippen LogP contribution is -2.15. The molecule has 1 N–H and O–H groups in total. The highest BCUT2D eigenvalue weighted by atomic mass is 79.9. The molecule has 0 atom stereocenters. The van der Waals surface area contributed by atoms with E-state index < -0.39 is 11.7 Å². The molecular formula is C11H8BrClFN3O. The highest BCUT2D eigenvalue weighted by Gasteiger charge is 2.14. The molecule has 0 unspecified atom stereocenters. The number of amides is 1. The summed E-state index contributed by atoms with van der Waals surface area (Å²) in [5.41, 5.74) is 0.200.